The van der Waals surface area contributed by atoms with Crippen molar-refractivity contribution in [2.75, 3.05) is 13.6 Å². The van der Waals surface area contributed by atoms with E-state index >= 15 is 0 Å². The lowest BCUT2D eigenvalue weighted by Crippen LogP contribution is -2.29. The van der Waals surface area contributed by atoms with Crippen molar-refractivity contribution < 1.29 is 24.3 Å². The van der Waals surface area contributed by atoms with E-state index < -0.39 is 5.97 Å². The van der Waals surface area contributed by atoms with Crippen molar-refractivity contribution in [3.05, 3.63) is 35.4 Å². The molecule has 1 atom stereocenters. The molecule has 1 saturated heterocycles. The fourth-order valence-electron chi connectivity index (χ4n) is 2.43. The van der Waals surface area contributed by atoms with Gasteiger partial charge in [0.05, 0.1) is 12.3 Å². The number of carbonyl (C=O) groups excluding carboxylic acids is 3. The number of carbonyl (C=O) groups is 4. The van der Waals surface area contributed by atoms with E-state index in [1.807, 2.05) is 0 Å². The average molecular weight is 318 g/mol. The number of nitrogens with one attached hydrogen (secondary N) is 1. The number of nitrogens with zero attached hydrogens (tertiary/aromatic N) is 1. The summed E-state index contributed by atoms with van der Waals surface area (Å²) < 4.78 is 0. The van der Waals surface area contributed by atoms with Gasteiger partial charge in [-0.1, -0.05) is 12.1 Å². The Bertz CT molecular complexity index is 638. The van der Waals surface area contributed by atoms with Gasteiger partial charge < -0.3 is 10.0 Å². The zero-order valence-corrected chi connectivity index (χ0v) is 12.7. The van der Waals surface area contributed by atoms with Crippen molar-refractivity contribution in [2.45, 2.75) is 19.3 Å². The minimum absolute atomic E-state index is 0.106. The Kier molecular flexibility index (Phi) is 5.10. The quantitative estimate of drug-likeness (QED) is 0.741. The molecule has 0 aromatic heterocycles. The Morgan fingerprint density at radius 3 is 2.43 bits per heavy atom. The van der Waals surface area contributed by atoms with E-state index in [9.17, 15) is 19.2 Å². The maximum atomic E-state index is 12.1. The van der Waals surface area contributed by atoms with E-state index in [1.165, 1.54) is 4.90 Å². The predicted octanol–water partition coefficient (Wildman–Crippen LogP) is 0.438. The van der Waals surface area contributed by atoms with Crippen LogP contribution in [-0.2, 0) is 20.8 Å². The van der Waals surface area contributed by atoms with E-state index in [2.05, 4.69) is 5.32 Å². The number of aliphatic carboxylic acids is 1. The Morgan fingerprint density at radius 2 is 1.91 bits per heavy atom. The molecule has 7 heteroatoms. The molecule has 0 aliphatic carbocycles. The van der Waals surface area contributed by atoms with Crippen molar-refractivity contribution in [2.24, 2.45) is 5.92 Å². The molecule has 0 bridgehead atoms. The lowest BCUT2D eigenvalue weighted by atomic mass is 9.97. The SMILES string of the molecule is CN(CCC(=O)O)C(=O)c1ccc(CC2CC(=O)NC2=O)cc1. The van der Waals surface area contributed by atoms with E-state index in [0.29, 0.717) is 12.0 Å². The van der Waals surface area contributed by atoms with Crippen LogP contribution in [0.1, 0.15) is 28.8 Å². The summed E-state index contributed by atoms with van der Waals surface area (Å²) in [5.74, 6) is -2.09. The number of imide groups is 1. The van der Waals surface area contributed by atoms with Gasteiger partial charge in [-0.3, -0.25) is 24.5 Å². The molecule has 23 heavy (non-hydrogen) atoms. The first-order chi connectivity index (χ1) is 10.9. The van der Waals surface area contributed by atoms with Gasteiger partial charge in [-0.25, -0.2) is 0 Å². The van der Waals surface area contributed by atoms with Gasteiger partial charge in [0.15, 0.2) is 0 Å². The van der Waals surface area contributed by atoms with E-state index in [1.54, 1.807) is 31.3 Å². The molecule has 122 valence electrons. The highest BCUT2D eigenvalue weighted by atomic mass is 16.4. The summed E-state index contributed by atoms with van der Waals surface area (Å²) in [6.07, 6.45) is 0.531. The van der Waals surface area contributed by atoms with Gasteiger partial charge in [0.1, 0.15) is 0 Å². The van der Waals surface area contributed by atoms with Crippen LogP contribution in [-0.4, -0.2) is 47.3 Å². The number of hydrogen-bond acceptors (Lipinski definition) is 4. The number of carboxylic acid groups (broad SMARTS) is 1. The zero-order valence-electron chi connectivity index (χ0n) is 12.7. The molecule has 1 heterocycles. The number of benzene rings is 1. The van der Waals surface area contributed by atoms with Gasteiger partial charge >= 0.3 is 5.97 Å². The Hall–Kier alpha value is -2.70. The van der Waals surface area contributed by atoms with Gasteiger partial charge in [-0.2, -0.15) is 0 Å². The molecule has 2 rings (SSSR count). The summed E-state index contributed by atoms with van der Waals surface area (Å²) in [5, 5.41) is 10.9. The fraction of sp³-hybridized carbons (Fsp3) is 0.375. The zero-order chi connectivity index (χ0) is 17.0. The molecule has 1 aromatic carbocycles. The van der Waals surface area contributed by atoms with Gasteiger partial charge in [-0.05, 0) is 24.1 Å². The van der Waals surface area contributed by atoms with Crippen molar-refractivity contribution in [3.8, 4) is 0 Å². The van der Waals surface area contributed by atoms with Crippen LogP contribution in [0, 0.1) is 5.92 Å². The average Bonchev–Trinajstić information content (AvgIpc) is 2.82. The van der Waals surface area contributed by atoms with Crippen LogP contribution in [0.3, 0.4) is 0 Å². The first kappa shape index (κ1) is 16.7. The van der Waals surface area contributed by atoms with Gasteiger partial charge in [0, 0.05) is 25.6 Å². The second kappa shape index (κ2) is 7.04. The Labute approximate surface area is 133 Å². The molecular formula is C16H18N2O5. The van der Waals surface area contributed by atoms with E-state index in [4.69, 9.17) is 5.11 Å². The molecule has 7 nitrogen and oxygen atoms in total. The minimum Gasteiger partial charge on any atom is -0.481 e. The highest BCUT2D eigenvalue weighted by Crippen LogP contribution is 2.18. The Morgan fingerprint density at radius 1 is 1.26 bits per heavy atom. The van der Waals surface area contributed by atoms with Gasteiger partial charge in [0.25, 0.3) is 5.91 Å². The topological polar surface area (TPSA) is 104 Å². The van der Waals surface area contributed by atoms with Crippen LogP contribution in [0.4, 0.5) is 0 Å². The maximum absolute atomic E-state index is 12.1. The van der Waals surface area contributed by atoms with Crippen molar-refractivity contribution >= 4 is 23.7 Å². The van der Waals surface area contributed by atoms with Crippen LogP contribution in [0.5, 0.6) is 0 Å². The molecule has 1 aliphatic rings. The fourth-order valence-corrected chi connectivity index (χ4v) is 2.43. The highest BCUT2D eigenvalue weighted by Gasteiger charge is 2.30. The molecule has 2 N–H and O–H groups in total. The molecule has 0 saturated carbocycles. The smallest absolute Gasteiger partial charge is 0.305 e. The van der Waals surface area contributed by atoms with Crippen molar-refractivity contribution in [3.63, 3.8) is 0 Å². The number of amides is 3. The third-order valence-corrected chi connectivity index (χ3v) is 3.76. The second-order valence-electron chi connectivity index (χ2n) is 5.58. The molecule has 1 aromatic rings. The summed E-state index contributed by atoms with van der Waals surface area (Å²) in [7, 11) is 1.55. The lowest BCUT2D eigenvalue weighted by molar-refractivity contribution is -0.137. The number of carboxylic acids is 1. The normalized spacial score (nSPS) is 17.0. The number of rotatable bonds is 6. The van der Waals surface area contributed by atoms with E-state index in [0.717, 1.165) is 5.56 Å². The van der Waals surface area contributed by atoms with Crippen LogP contribution in [0.2, 0.25) is 0 Å². The second-order valence-corrected chi connectivity index (χ2v) is 5.58. The number of hydrogen-bond donors (Lipinski definition) is 2. The molecule has 1 fully saturated rings. The third kappa shape index (κ3) is 4.38. The van der Waals surface area contributed by atoms with Gasteiger partial charge in [-0.15, -0.1) is 0 Å². The Balaban J connectivity index is 1.96. The monoisotopic (exact) mass is 318 g/mol. The first-order valence-corrected chi connectivity index (χ1v) is 7.26. The maximum Gasteiger partial charge on any atom is 0.305 e. The van der Waals surface area contributed by atoms with Gasteiger partial charge in [0.2, 0.25) is 11.8 Å². The molecule has 1 aliphatic heterocycles. The van der Waals surface area contributed by atoms with Crippen LogP contribution < -0.4 is 5.32 Å². The lowest BCUT2D eigenvalue weighted by Gasteiger charge is -2.16. The summed E-state index contributed by atoms with van der Waals surface area (Å²) in [6, 6.07) is 6.77. The van der Waals surface area contributed by atoms with Crippen molar-refractivity contribution in [1.82, 2.24) is 10.2 Å². The molecule has 1 unspecified atom stereocenters. The molecular weight excluding hydrogens is 300 g/mol. The third-order valence-electron chi connectivity index (χ3n) is 3.76. The summed E-state index contributed by atoms with van der Waals surface area (Å²) in [6.45, 7) is 0.139. The summed E-state index contributed by atoms with van der Waals surface area (Å²) >= 11 is 0. The van der Waals surface area contributed by atoms with Crippen molar-refractivity contribution in [1.29, 1.82) is 0 Å². The minimum atomic E-state index is -0.954. The van der Waals surface area contributed by atoms with Crippen LogP contribution >= 0.6 is 0 Å². The largest absolute Gasteiger partial charge is 0.481 e. The summed E-state index contributed by atoms with van der Waals surface area (Å²) in [4.78, 5) is 46.7. The molecule has 3 amide bonds. The summed E-state index contributed by atoms with van der Waals surface area (Å²) in [5.41, 5.74) is 1.32. The highest BCUT2D eigenvalue weighted by molar-refractivity contribution is 6.03. The van der Waals surface area contributed by atoms with E-state index in [-0.39, 0.29) is 43.0 Å². The molecule has 0 radical (unpaired) electrons. The van der Waals surface area contributed by atoms with Crippen LogP contribution in [0.15, 0.2) is 24.3 Å². The molecule has 0 spiro atoms. The predicted molar refractivity (Wildman–Crippen MR) is 80.6 cm³/mol. The standard InChI is InChI=1S/C16H18N2O5/c1-18(7-6-14(20)21)16(23)11-4-2-10(3-5-11)8-12-9-13(19)17-15(12)22/h2-5,12H,6-9H2,1H3,(H,20,21)(H,17,19,22). The first-order valence-electron chi connectivity index (χ1n) is 7.26. The van der Waals surface area contributed by atoms with Crippen LogP contribution in [0.25, 0.3) is 0 Å².